The molecular formula is C12H11N3O3. The molecule has 1 amide bonds. The number of carbonyl (C=O) groups excluding carboxylic acids is 1. The zero-order chi connectivity index (χ0) is 13.0. The molecule has 2 N–H and O–H groups in total. The molecular weight excluding hydrogens is 234 g/mol. The van der Waals surface area contributed by atoms with Crippen LogP contribution in [-0.4, -0.2) is 26.5 Å². The zero-order valence-corrected chi connectivity index (χ0v) is 9.41. The average Bonchev–Trinajstić information content (AvgIpc) is 2.82. The van der Waals surface area contributed by atoms with E-state index in [-0.39, 0.29) is 18.0 Å². The molecule has 6 heteroatoms. The largest absolute Gasteiger partial charge is 0.478 e. The Morgan fingerprint density at radius 3 is 2.89 bits per heavy atom. The van der Waals surface area contributed by atoms with Crippen LogP contribution in [0.1, 0.15) is 10.4 Å². The molecule has 0 saturated carbocycles. The summed E-state index contributed by atoms with van der Waals surface area (Å²) in [5, 5.41) is 11.5. The lowest BCUT2D eigenvalue weighted by Crippen LogP contribution is -2.18. The summed E-state index contributed by atoms with van der Waals surface area (Å²) >= 11 is 0. The Bertz CT molecular complexity index is 564. The van der Waals surface area contributed by atoms with Gasteiger partial charge in [0.05, 0.1) is 11.9 Å². The molecule has 0 aliphatic carbocycles. The van der Waals surface area contributed by atoms with E-state index in [0.717, 1.165) is 0 Å². The van der Waals surface area contributed by atoms with Gasteiger partial charge in [0.1, 0.15) is 6.54 Å². The Kier molecular flexibility index (Phi) is 3.38. The van der Waals surface area contributed by atoms with Crippen LogP contribution in [0.4, 0.5) is 5.69 Å². The van der Waals surface area contributed by atoms with E-state index >= 15 is 0 Å². The number of nitrogens with zero attached hydrogens (tertiary/aromatic N) is 2. The average molecular weight is 245 g/mol. The summed E-state index contributed by atoms with van der Waals surface area (Å²) in [5.41, 5.74) is 0.593. The number of aromatic carboxylic acids is 1. The summed E-state index contributed by atoms with van der Waals surface area (Å²) < 4.78 is 1.62. The van der Waals surface area contributed by atoms with Crippen molar-refractivity contribution in [1.82, 2.24) is 9.55 Å². The number of rotatable bonds is 4. The molecule has 0 aliphatic rings. The highest BCUT2D eigenvalue weighted by Gasteiger charge is 2.06. The van der Waals surface area contributed by atoms with Gasteiger partial charge < -0.3 is 15.0 Å². The van der Waals surface area contributed by atoms with Crippen molar-refractivity contribution in [2.75, 3.05) is 5.32 Å². The van der Waals surface area contributed by atoms with Crippen LogP contribution < -0.4 is 5.32 Å². The first kappa shape index (κ1) is 11.8. The molecule has 0 atom stereocenters. The van der Waals surface area contributed by atoms with Gasteiger partial charge in [-0.2, -0.15) is 0 Å². The zero-order valence-electron chi connectivity index (χ0n) is 9.41. The maximum atomic E-state index is 11.7. The second-order valence-electron chi connectivity index (χ2n) is 3.67. The third kappa shape index (κ3) is 2.94. The van der Waals surface area contributed by atoms with Gasteiger partial charge in [-0.15, -0.1) is 0 Å². The number of anilines is 1. The van der Waals surface area contributed by atoms with Gasteiger partial charge in [-0.3, -0.25) is 4.79 Å². The van der Waals surface area contributed by atoms with Crippen LogP contribution in [0.25, 0.3) is 0 Å². The molecule has 0 unspecified atom stereocenters. The first-order chi connectivity index (χ1) is 8.65. The third-order valence-corrected chi connectivity index (χ3v) is 2.28. The fourth-order valence-corrected chi connectivity index (χ4v) is 1.48. The van der Waals surface area contributed by atoms with E-state index < -0.39 is 5.97 Å². The van der Waals surface area contributed by atoms with Crippen LogP contribution in [-0.2, 0) is 11.3 Å². The van der Waals surface area contributed by atoms with Crippen LogP contribution in [0.2, 0.25) is 0 Å². The lowest BCUT2D eigenvalue weighted by Gasteiger charge is -2.06. The number of hydrogen-bond donors (Lipinski definition) is 2. The number of hydrogen-bond acceptors (Lipinski definition) is 3. The Labute approximate surface area is 103 Å². The van der Waals surface area contributed by atoms with E-state index in [2.05, 4.69) is 10.3 Å². The van der Waals surface area contributed by atoms with Crippen LogP contribution in [0.5, 0.6) is 0 Å². The molecule has 92 valence electrons. The maximum absolute atomic E-state index is 11.7. The molecule has 1 aromatic carbocycles. The second-order valence-corrected chi connectivity index (χ2v) is 3.67. The summed E-state index contributed by atoms with van der Waals surface area (Å²) in [5.74, 6) is -1.27. The van der Waals surface area contributed by atoms with Crippen molar-refractivity contribution in [1.29, 1.82) is 0 Å². The number of imidazole rings is 1. The maximum Gasteiger partial charge on any atom is 0.335 e. The quantitative estimate of drug-likeness (QED) is 0.848. The molecule has 0 bridgehead atoms. The number of amides is 1. The van der Waals surface area contributed by atoms with E-state index in [1.54, 1.807) is 29.1 Å². The molecule has 18 heavy (non-hydrogen) atoms. The Morgan fingerprint density at radius 2 is 2.22 bits per heavy atom. The van der Waals surface area contributed by atoms with Crippen molar-refractivity contribution in [3.8, 4) is 0 Å². The van der Waals surface area contributed by atoms with Crippen molar-refractivity contribution < 1.29 is 14.7 Å². The molecule has 1 aromatic heterocycles. The highest BCUT2D eigenvalue weighted by Crippen LogP contribution is 2.10. The first-order valence-electron chi connectivity index (χ1n) is 5.24. The standard InChI is InChI=1S/C12H11N3O3/c16-11(7-15-5-4-13-8-15)14-10-3-1-2-9(6-10)12(17)18/h1-6,8H,7H2,(H,14,16)(H,17,18). The number of carboxylic acid groups (broad SMARTS) is 1. The lowest BCUT2D eigenvalue weighted by atomic mass is 10.2. The Morgan fingerprint density at radius 1 is 1.39 bits per heavy atom. The number of nitrogens with one attached hydrogen (secondary N) is 1. The lowest BCUT2D eigenvalue weighted by molar-refractivity contribution is -0.116. The van der Waals surface area contributed by atoms with E-state index in [0.29, 0.717) is 5.69 Å². The summed E-state index contributed by atoms with van der Waals surface area (Å²) in [6.07, 6.45) is 4.79. The summed E-state index contributed by atoms with van der Waals surface area (Å²) in [6.45, 7) is 0.136. The van der Waals surface area contributed by atoms with Crippen LogP contribution >= 0.6 is 0 Å². The van der Waals surface area contributed by atoms with E-state index in [1.807, 2.05) is 0 Å². The summed E-state index contributed by atoms with van der Waals surface area (Å²) in [6, 6.07) is 6.09. The van der Waals surface area contributed by atoms with Gasteiger partial charge in [-0.1, -0.05) is 6.07 Å². The van der Waals surface area contributed by atoms with Gasteiger partial charge in [0.15, 0.2) is 0 Å². The minimum atomic E-state index is -1.03. The third-order valence-electron chi connectivity index (χ3n) is 2.28. The highest BCUT2D eigenvalue weighted by atomic mass is 16.4. The van der Waals surface area contributed by atoms with Gasteiger partial charge in [0, 0.05) is 18.1 Å². The Hall–Kier alpha value is -2.63. The molecule has 2 rings (SSSR count). The number of carbonyl (C=O) groups is 2. The predicted molar refractivity (Wildman–Crippen MR) is 64.3 cm³/mol. The number of benzene rings is 1. The van der Waals surface area contributed by atoms with E-state index in [9.17, 15) is 9.59 Å². The summed E-state index contributed by atoms with van der Waals surface area (Å²) in [4.78, 5) is 26.2. The van der Waals surface area contributed by atoms with Crippen molar-refractivity contribution in [2.24, 2.45) is 0 Å². The van der Waals surface area contributed by atoms with Crippen LogP contribution in [0.3, 0.4) is 0 Å². The topological polar surface area (TPSA) is 84.2 Å². The second kappa shape index (κ2) is 5.13. The van der Waals surface area contributed by atoms with Gasteiger partial charge in [-0.25, -0.2) is 9.78 Å². The number of aromatic nitrogens is 2. The van der Waals surface area contributed by atoms with E-state index in [4.69, 9.17) is 5.11 Å². The molecule has 0 spiro atoms. The SMILES string of the molecule is O=C(Cn1ccnc1)Nc1cccc(C(=O)O)c1. The molecule has 0 saturated heterocycles. The molecule has 0 fully saturated rings. The molecule has 0 aliphatic heterocycles. The minimum Gasteiger partial charge on any atom is -0.478 e. The van der Waals surface area contributed by atoms with Gasteiger partial charge in [0.2, 0.25) is 5.91 Å². The number of carboxylic acids is 1. The normalized spacial score (nSPS) is 10.0. The van der Waals surface area contributed by atoms with Crippen molar-refractivity contribution in [3.05, 3.63) is 48.5 Å². The van der Waals surface area contributed by atoms with Gasteiger partial charge in [-0.05, 0) is 18.2 Å². The minimum absolute atomic E-state index is 0.135. The summed E-state index contributed by atoms with van der Waals surface area (Å²) in [7, 11) is 0. The monoisotopic (exact) mass is 245 g/mol. The van der Waals surface area contributed by atoms with Crippen LogP contribution in [0, 0.1) is 0 Å². The smallest absolute Gasteiger partial charge is 0.335 e. The molecule has 0 radical (unpaired) electrons. The van der Waals surface area contributed by atoms with Crippen molar-refractivity contribution >= 4 is 17.6 Å². The van der Waals surface area contributed by atoms with Crippen molar-refractivity contribution in [2.45, 2.75) is 6.54 Å². The Balaban J connectivity index is 2.03. The first-order valence-corrected chi connectivity index (χ1v) is 5.24. The molecule has 2 aromatic rings. The van der Waals surface area contributed by atoms with Gasteiger partial charge in [0.25, 0.3) is 0 Å². The van der Waals surface area contributed by atoms with Crippen molar-refractivity contribution in [3.63, 3.8) is 0 Å². The highest BCUT2D eigenvalue weighted by molar-refractivity contribution is 5.93. The molecule has 6 nitrogen and oxygen atoms in total. The van der Waals surface area contributed by atoms with Crippen LogP contribution in [0.15, 0.2) is 43.0 Å². The predicted octanol–water partition coefficient (Wildman–Crippen LogP) is 1.22. The fraction of sp³-hybridized carbons (Fsp3) is 0.0833. The fourth-order valence-electron chi connectivity index (χ4n) is 1.48. The van der Waals surface area contributed by atoms with Gasteiger partial charge >= 0.3 is 5.97 Å². The molecule has 1 heterocycles. The van der Waals surface area contributed by atoms with E-state index in [1.165, 1.54) is 18.5 Å².